The molecule has 0 atom stereocenters. The molecular weight excluding hydrogens is 324 g/mol. The van der Waals surface area contributed by atoms with Crippen molar-refractivity contribution < 1.29 is 12.8 Å². The second-order valence-corrected chi connectivity index (χ2v) is 6.84. The standard InChI is InChI=1S/C13H10Cl2FNO2S/c14-9-4-2-6-11(17)13(9)20(18,19)7-8-3-1-5-10(16)12(8)15/h1-6H,7,17H2. The van der Waals surface area contributed by atoms with Crippen molar-refractivity contribution in [2.24, 2.45) is 0 Å². The lowest BCUT2D eigenvalue weighted by atomic mass is 10.2. The molecule has 0 bridgehead atoms. The second kappa shape index (κ2) is 5.60. The van der Waals surface area contributed by atoms with Crippen molar-refractivity contribution in [3.05, 3.63) is 57.8 Å². The Labute approximate surface area is 126 Å². The highest BCUT2D eigenvalue weighted by Gasteiger charge is 2.23. The molecule has 3 nitrogen and oxygen atoms in total. The Bertz CT molecular complexity index is 743. The molecule has 0 heterocycles. The summed E-state index contributed by atoms with van der Waals surface area (Å²) in [5.74, 6) is -1.15. The smallest absolute Gasteiger partial charge is 0.186 e. The van der Waals surface area contributed by atoms with Crippen LogP contribution in [0.25, 0.3) is 0 Å². The Hall–Kier alpha value is -1.30. The lowest BCUT2D eigenvalue weighted by Crippen LogP contribution is -2.09. The van der Waals surface area contributed by atoms with Gasteiger partial charge in [-0.3, -0.25) is 0 Å². The summed E-state index contributed by atoms with van der Waals surface area (Å²) in [6.45, 7) is 0. The van der Waals surface area contributed by atoms with Crippen LogP contribution in [-0.2, 0) is 15.6 Å². The van der Waals surface area contributed by atoms with Gasteiger partial charge in [0.2, 0.25) is 0 Å². The molecule has 0 fully saturated rings. The summed E-state index contributed by atoms with van der Waals surface area (Å²) >= 11 is 11.6. The number of nitrogen functional groups attached to an aromatic ring is 1. The second-order valence-electron chi connectivity index (χ2n) is 4.13. The maximum atomic E-state index is 13.3. The maximum Gasteiger partial charge on any atom is 0.186 e. The first-order chi connectivity index (χ1) is 9.33. The van der Waals surface area contributed by atoms with Crippen molar-refractivity contribution in [2.45, 2.75) is 10.6 Å². The van der Waals surface area contributed by atoms with Gasteiger partial charge >= 0.3 is 0 Å². The fourth-order valence-corrected chi connectivity index (χ4v) is 4.18. The number of benzene rings is 2. The summed E-state index contributed by atoms with van der Waals surface area (Å²) < 4.78 is 38.1. The summed E-state index contributed by atoms with van der Waals surface area (Å²) in [6.07, 6.45) is 0. The van der Waals surface area contributed by atoms with Crippen molar-refractivity contribution in [3.8, 4) is 0 Å². The largest absolute Gasteiger partial charge is 0.398 e. The third-order valence-corrected chi connectivity index (χ3v) is 5.30. The third-order valence-electron chi connectivity index (χ3n) is 2.69. The Morgan fingerprint density at radius 1 is 1.10 bits per heavy atom. The quantitative estimate of drug-likeness (QED) is 0.871. The van der Waals surface area contributed by atoms with Crippen LogP contribution in [0.5, 0.6) is 0 Å². The average Bonchev–Trinajstić information content (AvgIpc) is 2.34. The van der Waals surface area contributed by atoms with E-state index in [0.29, 0.717) is 0 Å². The molecule has 2 N–H and O–H groups in total. The fourth-order valence-electron chi connectivity index (χ4n) is 1.79. The van der Waals surface area contributed by atoms with E-state index >= 15 is 0 Å². The van der Waals surface area contributed by atoms with E-state index in [1.54, 1.807) is 6.07 Å². The molecule has 106 valence electrons. The lowest BCUT2D eigenvalue weighted by Gasteiger charge is -2.10. The number of nitrogens with two attached hydrogens (primary N) is 1. The minimum Gasteiger partial charge on any atom is -0.398 e. The van der Waals surface area contributed by atoms with Gasteiger partial charge in [-0.25, -0.2) is 12.8 Å². The average molecular weight is 334 g/mol. The highest BCUT2D eigenvalue weighted by Crippen LogP contribution is 2.31. The van der Waals surface area contributed by atoms with Gasteiger partial charge in [0.1, 0.15) is 10.7 Å². The molecule has 7 heteroatoms. The van der Waals surface area contributed by atoms with Crippen LogP contribution in [0.2, 0.25) is 10.0 Å². The molecule has 0 spiro atoms. The van der Waals surface area contributed by atoms with E-state index in [-0.39, 0.29) is 26.2 Å². The zero-order chi connectivity index (χ0) is 14.9. The summed E-state index contributed by atoms with van der Waals surface area (Å²) in [6, 6.07) is 8.40. The van der Waals surface area contributed by atoms with E-state index in [1.807, 2.05) is 0 Å². The predicted octanol–water partition coefficient (Wildman–Crippen LogP) is 3.69. The topological polar surface area (TPSA) is 60.2 Å². The minimum atomic E-state index is -3.82. The highest BCUT2D eigenvalue weighted by molar-refractivity contribution is 7.91. The Balaban J connectivity index is 2.50. The van der Waals surface area contributed by atoms with Gasteiger partial charge in [-0.15, -0.1) is 0 Å². The first-order valence-corrected chi connectivity index (χ1v) is 7.93. The number of halogens is 3. The number of hydrogen-bond donors (Lipinski definition) is 1. The van der Waals surface area contributed by atoms with Crippen LogP contribution in [0.1, 0.15) is 5.56 Å². The zero-order valence-corrected chi connectivity index (χ0v) is 12.4. The third kappa shape index (κ3) is 2.90. The highest BCUT2D eigenvalue weighted by atomic mass is 35.5. The van der Waals surface area contributed by atoms with Gasteiger partial charge < -0.3 is 5.73 Å². The van der Waals surface area contributed by atoms with Crippen LogP contribution >= 0.6 is 23.2 Å². The van der Waals surface area contributed by atoms with Gasteiger partial charge in [-0.05, 0) is 23.8 Å². The normalized spacial score (nSPS) is 11.6. The molecule has 0 saturated carbocycles. The van der Waals surface area contributed by atoms with Gasteiger partial charge in [-0.1, -0.05) is 41.4 Å². The van der Waals surface area contributed by atoms with Crippen LogP contribution in [0.4, 0.5) is 10.1 Å². The fraction of sp³-hybridized carbons (Fsp3) is 0.0769. The van der Waals surface area contributed by atoms with E-state index < -0.39 is 21.4 Å². The van der Waals surface area contributed by atoms with Crippen LogP contribution in [-0.4, -0.2) is 8.42 Å². The SMILES string of the molecule is Nc1cccc(Cl)c1S(=O)(=O)Cc1cccc(F)c1Cl. The van der Waals surface area contributed by atoms with E-state index in [2.05, 4.69) is 0 Å². The Kier molecular flexibility index (Phi) is 4.22. The van der Waals surface area contributed by atoms with Gasteiger partial charge in [-0.2, -0.15) is 0 Å². The first-order valence-electron chi connectivity index (χ1n) is 5.52. The maximum absolute atomic E-state index is 13.3. The molecule has 0 aliphatic rings. The molecule has 0 unspecified atom stereocenters. The van der Waals surface area contributed by atoms with Crippen LogP contribution in [0.3, 0.4) is 0 Å². The molecule has 0 saturated heterocycles. The summed E-state index contributed by atoms with van der Waals surface area (Å²) in [4.78, 5) is -0.165. The van der Waals surface area contributed by atoms with Crippen molar-refractivity contribution in [2.75, 3.05) is 5.73 Å². The number of hydrogen-bond acceptors (Lipinski definition) is 3. The molecule has 0 amide bonds. The zero-order valence-electron chi connectivity index (χ0n) is 10.1. The minimum absolute atomic E-state index is 0.0255. The van der Waals surface area contributed by atoms with E-state index in [4.69, 9.17) is 28.9 Å². The lowest BCUT2D eigenvalue weighted by molar-refractivity contribution is 0.595. The summed E-state index contributed by atoms with van der Waals surface area (Å²) in [7, 11) is -3.82. The molecule has 2 aromatic rings. The Morgan fingerprint density at radius 3 is 2.40 bits per heavy atom. The summed E-state index contributed by atoms with van der Waals surface area (Å²) in [5.41, 5.74) is 5.86. The molecule has 20 heavy (non-hydrogen) atoms. The molecule has 0 aliphatic heterocycles. The predicted molar refractivity (Wildman–Crippen MR) is 78.2 cm³/mol. The molecule has 0 radical (unpaired) electrons. The van der Waals surface area contributed by atoms with Crippen molar-refractivity contribution in [1.82, 2.24) is 0 Å². The van der Waals surface area contributed by atoms with Crippen LogP contribution < -0.4 is 5.73 Å². The molecule has 2 rings (SSSR count). The van der Waals surface area contributed by atoms with Crippen molar-refractivity contribution >= 4 is 38.7 Å². The molecule has 0 aliphatic carbocycles. The number of rotatable bonds is 3. The van der Waals surface area contributed by atoms with Gasteiger partial charge in [0.25, 0.3) is 0 Å². The first kappa shape index (κ1) is 15.1. The van der Waals surface area contributed by atoms with E-state index in [9.17, 15) is 12.8 Å². The molecule has 2 aromatic carbocycles. The van der Waals surface area contributed by atoms with Gasteiger partial charge in [0.15, 0.2) is 9.84 Å². The van der Waals surface area contributed by atoms with Crippen LogP contribution in [0, 0.1) is 5.82 Å². The number of anilines is 1. The summed E-state index contributed by atoms with van der Waals surface area (Å²) in [5, 5.41) is -0.195. The number of sulfone groups is 1. The van der Waals surface area contributed by atoms with Crippen molar-refractivity contribution in [3.63, 3.8) is 0 Å². The van der Waals surface area contributed by atoms with E-state index in [0.717, 1.165) is 6.07 Å². The van der Waals surface area contributed by atoms with E-state index in [1.165, 1.54) is 24.3 Å². The van der Waals surface area contributed by atoms with Crippen molar-refractivity contribution in [1.29, 1.82) is 0 Å². The Morgan fingerprint density at radius 2 is 1.75 bits per heavy atom. The van der Waals surface area contributed by atoms with Crippen LogP contribution in [0.15, 0.2) is 41.3 Å². The van der Waals surface area contributed by atoms with Gasteiger partial charge in [0, 0.05) is 0 Å². The monoisotopic (exact) mass is 333 g/mol. The molecule has 0 aromatic heterocycles. The van der Waals surface area contributed by atoms with Gasteiger partial charge in [0.05, 0.1) is 21.5 Å². The molecular formula is C13H10Cl2FNO2S.